The van der Waals surface area contributed by atoms with Gasteiger partial charge in [-0.2, -0.15) is 0 Å². The lowest BCUT2D eigenvalue weighted by molar-refractivity contribution is 0.318. The van der Waals surface area contributed by atoms with Gasteiger partial charge in [0.2, 0.25) is 0 Å². The molecule has 2 nitrogen and oxygen atoms in total. The first-order valence-corrected chi connectivity index (χ1v) is 7.85. The fourth-order valence-corrected chi connectivity index (χ4v) is 2.41. The zero-order chi connectivity index (χ0) is 15.1. The zero-order valence-electron chi connectivity index (χ0n) is 12.7. The Morgan fingerprint density at radius 2 is 1.90 bits per heavy atom. The lowest BCUT2D eigenvalue weighted by Gasteiger charge is -2.12. The molecule has 0 aliphatic rings. The van der Waals surface area contributed by atoms with E-state index in [0.29, 0.717) is 0 Å². The molecule has 2 aromatic rings. The van der Waals surface area contributed by atoms with Crippen molar-refractivity contribution in [3.05, 3.63) is 53.1 Å². The SMILES string of the molecule is CCCOc1ccccc1-c1ccc(CNCC)c(Cl)c1. The van der Waals surface area contributed by atoms with Crippen LogP contribution in [0.2, 0.25) is 5.02 Å². The van der Waals surface area contributed by atoms with Crippen LogP contribution >= 0.6 is 11.6 Å². The Bertz CT molecular complexity index is 583. The molecule has 0 aromatic heterocycles. The Kier molecular flexibility index (Phi) is 6.09. The predicted molar refractivity (Wildman–Crippen MR) is 90.1 cm³/mol. The molecule has 0 radical (unpaired) electrons. The van der Waals surface area contributed by atoms with Crippen molar-refractivity contribution in [1.82, 2.24) is 5.32 Å². The van der Waals surface area contributed by atoms with E-state index in [1.807, 2.05) is 24.3 Å². The van der Waals surface area contributed by atoms with Crippen molar-refractivity contribution in [3.8, 4) is 16.9 Å². The van der Waals surface area contributed by atoms with E-state index in [9.17, 15) is 0 Å². The number of hydrogen-bond acceptors (Lipinski definition) is 2. The maximum atomic E-state index is 6.39. The first kappa shape index (κ1) is 15.9. The number of benzene rings is 2. The van der Waals surface area contributed by atoms with Gasteiger partial charge in [-0.05, 0) is 36.2 Å². The number of rotatable bonds is 7. The molecule has 21 heavy (non-hydrogen) atoms. The highest BCUT2D eigenvalue weighted by Crippen LogP contribution is 2.32. The molecule has 0 amide bonds. The maximum Gasteiger partial charge on any atom is 0.127 e. The summed E-state index contributed by atoms with van der Waals surface area (Å²) in [5.41, 5.74) is 3.30. The molecular formula is C18H22ClNO. The summed E-state index contributed by atoms with van der Waals surface area (Å²) in [7, 11) is 0. The van der Waals surface area contributed by atoms with Gasteiger partial charge in [0.05, 0.1) is 6.61 Å². The molecule has 0 fully saturated rings. The Morgan fingerprint density at radius 3 is 2.62 bits per heavy atom. The second kappa shape index (κ2) is 8.06. The average Bonchev–Trinajstić information content (AvgIpc) is 2.52. The molecule has 0 atom stereocenters. The number of ether oxygens (including phenoxy) is 1. The van der Waals surface area contributed by atoms with Crippen molar-refractivity contribution in [1.29, 1.82) is 0 Å². The molecule has 0 aliphatic heterocycles. The van der Waals surface area contributed by atoms with Crippen LogP contribution in [0.1, 0.15) is 25.8 Å². The topological polar surface area (TPSA) is 21.3 Å². The average molecular weight is 304 g/mol. The first-order valence-electron chi connectivity index (χ1n) is 7.47. The highest BCUT2D eigenvalue weighted by molar-refractivity contribution is 6.31. The van der Waals surface area contributed by atoms with Crippen LogP contribution in [-0.2, 0) is 6.54 Å². The van der Waals surface area contributed by atoms with Gasteiger partial charge in [0.1, 0.15) is 5.75 Å². The molecule has 0 heterocycles. The maximum absolute atomic E-state index is 6.39. The van der Waals surface area contributed by atoms with Gasteiger partial charge in [0, 0.05) is 17.1 Å². The molecule has 112 valence electrons. The van der Waals surface area contributed by atoms with Crippen molar-refractivity contribution >= 4 is 11.6 Å². The highest BCUT2D eigenvalue weighted by atomic mass is 35.5. The van der Waals surface area contributed by atoms with Crippen LogP contribution in [0.15, 0.2) is 42.5 Å². The predicted octanol–water partition coefficient (Wildman–Crippen LogP) is 4.91. The summed E-state index contributed by atoms with van der Waals surface area (Å²) in [4.78, 5) is 0. The fourth-order valence-electron chi connectivity index (χ4n) is 2.16. The van der Waals surface area contributed by atoms with E-state index in [1.165, 1.54) is 0 Å². The smallest absolute Gasteiger partial charge is 0.127 e. The lowest BCUT2D eigenvalue weighted by Crippen LogP contribution is -2.11. The normalized spacial score (nSPS) is 10.6. The third kappa shape index (κ3) is 4.23. The van der Waals surface area contributed by atoms with E-state index < -0.39 is 0 Å². The summed E-state index contributed by atoms with van der Waals surface area (Å²) in [5.74, 6) is 0.912. The van der Waals surface area contributed by atoms with Crippen molar-refractivity contribution < 1.29 is 4.74 Å². The summed E-state index contributed by atoms with van der Waals surface area (Å²) in [6.45, 7) is 6.65. The molecule has 0 spiro atoms. The van der Waals surface area contributed by atoms with E-state index >= 15 is 0 Å². The lowest BCUT2D eigenvalue weighted by atomic mass is 10.0. The highest BCUT2D eigenvalue weighted by Gasteiger charge is 2.08. The van der Waals surface area contributed by atoms with Gasteiger partial charge in [-0.1, -0.05) is 55.8 Å². The van der Waals surface area contributed by atoms with Crippen LogP contribution < -0.4 is 10.1 Å². The molecule has 0 saturated heterocycles. The minimum Gasteiger partial charge on any atom is -0.493 e. The summed E-state index contributed by atoms with van der Waals surface area (Å²) in [6.07, 6.45) is 0.997. The van der Waals surface area contributed by atoms with Crippen LogP contribution in [0.5, 0.6) is 5.75 Å². The number of halogens is 1. The Morgan fingerprint density at radius 1 is 1.10 bits per heavy atom. The van der Waals surface area contributed by atoms with Gasteiger partial charge < -0.3 is 10.1 Å². The Labute approximate surface area is 132 Å². The second-order valence-corrected chi connectivity index (χ2v) is 5.34. The van der Waals surface area contributed by atoms with Gasteiger partial charge >= 0.3 is 0 Å². The van der Waals surface area contributed by atoms with Gasteiger partial charge in [-0.15, -0.1) is 0 Å². The number of hydrogen-bond donors (Lipinski definition) is 1. The Balaban J connectivity index is 2.27. The van der Waals surface area contributed by atoms with E-state index in [0.717, 1.165) is 53.6 Å². The Hall–Kier alpha value is -1.51. The van der Waals surface area contributed by atoms with Crippen molar-refractivity contribution in [2.75, 3.05) is 13.2 Å². The standard InChI is InChI=1S/C18H22ClNO/c1-3-11-21-18-8-6-5-7-16(18)14-9-10-15(13-20-4-2)17(19)12-14/h5-10,12,20H,3-4,11,13H2,1-2H3. The van der Waals surface area contributed by atoms with Crippen molar-refractivity contribution in [2.24, 2.45) is 0 Å². The largest absolute Gasteiger partial charge is 0.493 e. The van der Waals surface area contributed by atoms with Crippen molar-refractivity contribution in [3.63, 3.8) is 0 Å². The van der Waals surface area contributed by atoms with Crippen LogP contribution in [0.3, 0.4) is 0 Å². The van der Waals surface area contributed by atoms with E-state index in [-0.39, 0.29) is 0 Å². The van der Waals surface area contributed by atoms with Crippen molar-refractivity contribution in [2.45, 2.75) is 26.8 Å². The zero-order valence-corrected chi connectivity index (χ0v) is 13.4. The summed E-state index contributed by atoms with van der Waals surface area (Å²) >= 11 is 6.39. The fraction of sp³-hybridized carbons (Fsp3) is 0.333. The minimum atomic E-state index is 0.725. The molecule has 0 unspecified atom stereocenters. The summed E-state index contributed by atoms with van der Waals surface area (Å²) < 4.78 is 5.82. The third-order valence-electron chi connectivity index (χ3n) is 3.28. The summed E-state index contributed by atoms with van der Waals surface area (Å²) in [5, 5.41) is 4.09. The molecule has 1 N–H and O–H groups in total. The monoisotopic (exact) mass is 303 g/mol. The van der Waals surface area contributed by atoms with Crippen LogP contribution in [0.25, 0.3) is 11.1 Å². The van der Waals surface area contributed by atoms with Gasteiger partial charge in [-0.3, -0.25) is 0 Å². The molecule has 2 aromatic carbocycles. The van der Waals surface area contributed by atoms with Gasteiger partial charge in [-0.25, -0.2) is 0 Å². The molecular weight excluding hydrogens is 282 g/mol. The van der Waals surface area contributed by atoms with Crippen LogP contribution in [0, 0.1) is 0 Å². The van der Waals surface area contributed by atoms with Crippen LogP contribution in [0.4, 0.5) is 0 Å². The molecule has 2 rings (SSSR count). The first-order chi connectivity index (χ1) is 10.3. The quantitative estimate of drug-likeness (QED) is 0.785. The molecule has 3 heteroatoms. The van der Waals surface area contributed by atoms with Gasteiger partial charge in [0.25, 0.3) is 0 Å². The van der Waals surface area contributed by atoms with Crippen LogP contribution in [-0.4, -0.2) is 13.2 Å². The number of nitrogens with one attached hydrogen (secondary N) is 1. The molecule has 0 bridgehead atoms. The molecule has 0 aliphatic carbocycles. The van der Waals surface area contributed by atoms with E-state index in [1.54, 1.807) is 0 Å². The molecule has 0 saturated carbocycles. The van der Waals surface area contributed by atoms with E-state index in [4.69, 9.17) is 16.3 Å². The van der Waals surface area contributed by atoms with Gasteiger partial charge in [0.15, 0.2) is 0 Å². The number of para-hydroxylation sites is 1. The third-order valence-corrected chi connectivity index (χ3v) is 3.63. The minimum absolute atomic E-state index is 0.725. The second-order valence-electron chi connectivity index (χ2n) is 4.93. The van der Waals surface area contributed by atoms with E-state index in [2.05, 4.69) is 37.4 Å². The summed E-state index contributed by atoms with van der Waals surface area (Å²) in [6, 6.07) is 14.3.